The number of aliphatic hydroxyl groups excluding tert-OH is 1. The first-order chi connectivity index (χ1) is 21.7. The Kier molecular flexibility index (Phi) is 7.13. The maximum atomic E-state index is 14.8. The number of benzene rings is 2. The lowest BCUT2D eigenvalue weighted by Gasteiger charge is -2.40. The van der Waals surface area contributed by atoms with Crippen molar-refractivity contribution in [1.82, 2.24) is 24.8 Å². The molecule has 1 N–H and O–H groups in total. The highest BCUT2D eigenvalue weighted by atomic mass is 16.5. The van der Waals surface area contributed by atoms with Crippen molar-refractivity contribution in [3.05, 3.63) is 78.9 Å². The lowest BCUT2D eigenvalue weighted by molar-refractivity contribution is -0.155. The van der Waals surface area contributed by atoms with Gasteiger partial charge in [0, 0.05) is 18.8 Å². The SMILES string of the molecule is CC(C)C[C@H](CO)N1C(=O)[C@@H]2[C@H]3C(=O)N(c4ccccc4)CC=C[C@@]3(C)O[C@@]23C=CCN(Cn2nnc4ccccc42)C(=O)C13. The number of carbonyl (C=O) groups is 3. The molecular weight excluding hydrogens is 572 g/mol. The van der Waals surface area contributed by atoms with Gasteiger partial charge in [-0.1, -0.05) is 73.7 Å². The van der Waals surface area contributed by atoms with Crippen molar-refractivity contribution < 1.29 is 24.2 Å². The van der Waals surface area contributed by atoms with Crippen LogP contribution in [0.15, 0.2) is 78.9 Å². The number of aromatic nitrogens is 3. The lowest BCUT2D eigenvalue weighted by atomic mass is 9.74. The van der Waals surface area contributed by atoms with Crippen LogP contribution in [0, 0.1) is 17.8 Å². The highest BCUT2D eigenvalue weighted by Gasteiger charge is 2.75. The van der Waals surface area contributed by atoms with Crippen LogP contribution in [0.1, 0.15) is 27.2 Å². The molecule has 1 aromatic heterocycles. The van der Waals surface area contributed by atoms with E-state index < -0.39 is 35.1 Å². The summed E-state index contributed by atoms with van der Waals surface area (Å²) in [5.74, 6) is -2.63. The molecule has 3 aromatic rings. The summed E-state index contributed by atoms with van der Waals surface area (Å²) >= 11 is 0. The Hall–Kier alpha value is -4.35. The largest absolute Gasteiger partial charge is 0.394 e. The van der Waals surface area contributed by atoms with Gasteiger partial charge in [-0.15, -0.1) is 5.10 Å². The fourth-order valence-electron chi connectivity index (χ4n) is 7.87. The van der Waals surface area contributed by atoms with Gasteiger partial charge < -0.3 is 24.5 Å². The molecule has 2 fully saturated rings. The summed E-state index contributed by atoms with van der Waals surface area (Å²) in [5, 5.41) is 19.2. The molecule has 1 spiro atoms. The summed E-state index contributed by atoms with van der Waals surface area (Å²) in [6.07, 6.45) is 7.95. The molecule has 11 nitrogen and oxygen atoms in total. The Morgan fingerprint density at radius 2 is 1.67 bits per heavy atom. The Bertz CT molecular complexity index is 1700. The zero-order valence-corrected chi connectivity index (χ0v) is 25.7. The van der Waals surface area contributed by atoms with Crippen molar-refractivity contribution in [2.75, 3.05) is 24.6 Å². The Morgan fingerprint density at radius 3 is 2.42 bits per heavy atom. The van der Waals surface area contributed by atoms with E-state index in [4.69, 9.17) is 4.74 Å². The van der Waals surface area contributed by atoms with E-state index in [9.17, 15) is 19.5 Å². The van der Waals surface area contributed by atoms with Crippen LogP contribution in [0.4, 0.5) is 5.69 Å². The zero-order chi connectivity index (χ0) is 31.5. The maximum absolute atomic E-state index is 14.8. The van der Waals surface area contributed by atoms with Gasteiger partial charge in [0.2, 0.25) is 11.8 Å². The fourth-order valence-corrected chi connectivity index (χ4v) is 7.87. The molecule has 2 aromatic carbocycles. The number of nitrogens with zero attached hydrogens (tertiary/aromatic N) is 6. The molecular formula is C34H38N6O5. The van der Waals surface area contributed by atoms with Crippen LogP contribution in [0.3, 0.4) is 0 Å². The summed E-state index contributed by atoms with van der Waals surface area (Å²) in [5.41, 5.74) is -0.344. The van der Waals surface area contributed by atoms with Gasteiger partial charge in [0.1, 0.15) is 23.8 Å². The molecule has 1 unspecified atom stereocenters. The van der Waals surface area contributed by atoms with E-state index in [1.807, 2.05) is 99.7 Å². The second kappa shape index (κ2) is 10.9. The molecule has 3 amide bonds. The number of ether oxygens (including phenoxy) is 1. The molecule has 0 aliphatic carbocycles. The van der Waals surface area contributed by atoms with Crippen LogP contribution < -0.4 is 4.90 Å². The fraction of sp³-hybridized carbons (Fsp3) is 0.441. The monoisotopic (exact) mass is 610 g/mol. The van der Waals surface area contributed by atoms with Crippen LogP contribution in [-0.4, -0.2) is 90.6 Å². The number of fused-ring (bicyclic) bond motifs is 3. The second-order valence-electron chi connectivity index (χ2n) is 13.1. The number of aliphatic hydroxyl groups is 1. The number of hydrogen-bond donors (Lipinski definition) is 1. The minimum absolute atomic E-state index is 0.109. The van der Waals surface area contributed by atoms with Gasteiger partial charge in [-0.05, 0) is 43.5 Å². The number of para-hydroxylation sites is 2. The van der Waals surface area contributed by atoms with E-state index >= 15 is 0 Å². The van der Waals surface area contributed by atoms with Gasteiger partial charge in [0.25, 0.3) is 5.91 Å². The van der Waals surface area contributed by atoms with Gasteiger partial charge in [0.15, 0.2) is 0 Å². The lowest BCUT2D eigenvalue weighted by Crippen LogP contribution is -2.59. The van der Waals surface area contributed by atoms with E-state index in [0.717, 1.165) is 11.2 Å². The van der Waals surface area contributed by atoms with Crippen molar-refractivity contribution in [3.63, 3.8) is 0 Å². The number of amides is 3. The number of rotatable bonds is 7. The third kappa shape index (κ3) is 4.51. The van der Waals surface area contributed by atoms with E-state index in [2.05, 4.69) is 10.3 Å². The van der Waals surface area contributed by atoms with Crippen LogP contribution in [0.25, 0.3) is 11.0 Å². The summed E-state index contributed by atoms with van der Waals surface area (Å²) in [6.45, 7) is 6.24. The first kappa shape index (κ1) is 29.4. The molecule has 5 heterocycles. The van der Waals surface area contributed by atoms with Crippen molar-refractivity contribution in [1.29, 1.82) is 0 Å². The summed E-state index contributed by atoms with van der Waals surface area (Å²) in [6, 6.07) is 15.2. The summed E-state index contributed by atoms with van der Waals surface area (Å²) in [4.78, 5) is 49.0. The average molecular weight is 611 g/mol. The second-order valence-corrected chi connectivity index (χ2v) is 13.1. The highest BCUT2D eigenvalue weighted by molar-refractivity contribution is 6.04. The smallest absolute Gasteiger partial charge is 0.250 e. The number of likely N-dealkylation sites (tertiary alicyclic amines) is 1. The summed E-state index contributed by atoms with van der Waals surface area (Å²) < 4.78 is 8.63. The van der Waals surface area contributed by atoms with E-state index in [1.54, 1.807) is 14.5 Å². The topological polar surface area (TPSA) is 121 Å². The molecule has 4 aliphatic rings. The molecule has 11 heteroatoms. The molecule has 0 bridgehead atoms. The number of anilines is 1. The molecule has 0 radical (unpaired) electrons. The molecule has 4 aliphatic heterocycles. The third-order valence-electron chi connectivity index (χ3n) is 9.72. The first-order valence-corrected chi connectivity index (χ1v) is 15.6. The van der Waals surface area contributed by atoms with Crippen LogP contribution >= 0.6 is 0 Å². The molecule has 6 atom stereocenters. The Balaban J connectivity index is 1.33. The molecule has 7 rings (SSSR count). The number of hydrogen-bond acceptors (Lipinski definition) is 7. The standard InChI is InChI=1S/C34H38N6O5/c1-22(2)19-24(20-41)40-29-32(44)37(21-39-26-14-8-7-13-25(26)35-36-39)17-10-16-34(29)28(31(40)43)27-30(42)38(23-11-5-4-6-12-23)18-9-15-33(27,3)45-34/h4-16,22,24,27-29,41H,17-21H2,1-3H3/t24-,27+,28+,29?,33-,34+/m1/s1. The van der Waals surface area contributed by atoms with Gasteiger partial charge >= 0.3 is 0 Å². The molecule has 0 saturated carbocycles. The summed E-state index contributed by atoms with van der Waals surface area (Å²) in [7, 11) is 0. The Morgan fingerprint density at radius 1 is 0.933 bits per heavy atom. The number of carbonyl (C=O) groups excluding carboxylic acids is 3. The molecule has 234 valence electrons. The third-order valence-corrected chi connectivity index (χ3v) is 9.72. The van der Waals surface area contributed by atoms with E-state index in [-0.39, 0.29) is 43.5 Å². The predicted octanol–water partition coefficient (Wildman–Crippen LogP) is 2.77. The predicted molar refractivity (Wildman–Crippen MR) is 166 cm³/mol. The van der Waals surface area contributed by atoms with Gasteiger partial charge in [-0.2, -0.15) is 0 Å². The van der Waals surface area contributed by atoms with Gasteiger partial charge in [-0.3, -0.25) is 14.4 Å². The van der Waals surface area contributed by atoms with Crippen LogP contribution in [0.5, 0.6) is 0 Å². The Labute approximate surface area is 261 Å². The quantitative estimate of drug-likeness (QED) is 0.409. The highest BCUT2D eigenvalue weighted by Crippen LogP contribution is 2.58. The van der Waals surface area contributed by atoms with Crippen molar-refractivity contribution in [2.24, 2.45) is 17.8 Å². The van der Waals surface area contributed by atoms with Gasteiger partial charge in [0.05, 0.1) is 35.6 Å². The van der Waals surface area contributed by atoms with E-state index in [0.29, 0.717) is 18.5 Å². The molecule has 2 saturated heterocycles. The first-order valence-electron chi connectivity index (χ1n) is 15.6. The molecule has 45 heavy (non-hydrogen) atoms. The zero-order valence-electron chi connectivity index (χ0n) is 25.7. The van der Waals surface area contributed by atoms with E-state index in [1.165, 1.54) is 4.90 Å². The minimum Gasteiger partial charge on any atom is -0.394 e. The van der Waals surface area contributed by atoms with Crippen LogP contribution in [-0.2, 0) is 25.8 Å². The van der Waals surface area contributed by atoms with Crippen molar-refractivity contribution >= 4 is 34.4 Å². The maximum Gasteiger partial charge on any atom is 0.250 e. The normalized spacial score (nSPS) is 30.1. The average Bonchev–Trinajstić information content (AvgIpc) is 3.56. The van der Waals surface area contributed by atoms with Gasteiger partial charge in [-0.25, -0.2) is 4.68 Å². The minimum atomic E-state index is -1.42. The van der Waals surface area contributed by atoms with Crippen molar-refractivity contribution in [3.8, 4) is 0 Å². The van der Waals surface area contributed by atoms with Crippen LogP contribution in [0.2, 0.25) is 0 Å². The van der Waals surface area contributed by atoms with Crippen molar-refractivity contribution in [2.45, 2.75) is 57.1 Å².